The zero-order valence-corrected chi connectivity index (χ0v) is 12.9. The summed E-state index contributed by atoms with van der Waals surface area (Å²) in [4.78, 5) is 0. The number of nitrogens with zero attached hydrogens (tertiary/aromatic N) is 2. The van der Waals surface area contributed by atoms with Gasteiger partial charge in [0.1, 0.15) is 15.3 Å². The lowest BCUT2D eigenvalue weighted by Gasteiger charge is -2.19. The zero-order chi connectivity index (χ0) is 13.7. The average Bonchev–Trinajstić information content (AvgIpc) is 2.82. The fraction of sp³-hybridized carbons (Fsp3) is 0.833. The van der Waals surface area contributed by atoms with E-state index in [-0.39, 0.29) is 0 Å². The lowest BCUT2D eigenvalue weighted by Crippen LogP contribution is -2.21. The van der Waals surface area contributed by atoms with Gasteiger partial charge in [0.05, 0.1) is 5.75 Å². The van der Waals surface area contributed by atoms with Gasteiger partial charge in [-0.1, -0.05) is 13.3 Å². The maximum absolute atomic E-state index is 12.0. The van der Waals surface area contributed by atoms with Gasteiger partial charge in [0.25, 0.3) is 0 Å². The first-order valence-electron chi connectivity index (χ1n) is 6.88. The molecule has 1 N–H and O–H groups in total. The number of aromatic nitrogens is 2. The first kappa shape index (κ1) is 14.9. The van der Waals surface area contributed by atoms with E-state index < -0.39 is 15.1 Å². The summed E-state index contributed by atoms with van der Waals surface area (Å²) in [7, 11) is -3.00. The lowest BCUT2D eigenvalue weighted by molar-refractivity contribution is 0.544. The number of sulfone groups is 1. The molecule has 2 heterocycles. The van der Waals surface area contributed by atoms with Gasteiger partial charge >= 0.3 is 0 Å². The van der Waals surface area contributed by atoms with E-state index in [1.807, 2.05) is 0 Å². The Morgan fingerprint density at radius 1 is 1.37 bits per heavy atom. The van der Waals surface area contributed by atoms with Gasteiger partial charge in [-0.2, -0.15) is 0 Å². The minimum atomic E-state index is -3.00. The summed E-state index contributed by atoms with van der Waals surface area (Å²) in [6.07, 6.45) is 4.35. The van der Waals surface area contributed by atoms with Crippen molar-refractivity contribution >= 4 is 21.2 Å². The van der Waals surface area contributed by atoms with E-state index in [9.17, 15) is 8.42 Å². The first-order chi connectivity index (χ1) is 9.13. The lowest BCUT2D eigenvalue weighted by atomic mass is 10.2. The summed E-state index contributed by atoms with van der Waals surface area (Å²) < 4.78 is 24.0. The van der Waals surface area contributed by atoms with Gasteiger partial charge in [-0.05, 0) is 32.4 Å². The van der Waals surface area contributed by atoms with Gasteiger partial charge in [-0.15, -0.1) is 21.5 Å². The fourth-order valence-electron chi connectivity index (χ4n) is 2.27. The number of nitrogens with one attached hydrogen (secondary N) is 1. The Kier molecular flexibility index (Phi) is 5.29. The number of hydrogen-bond donors (Lipinski definition) is 1. The molecular weight excluding hydrogens is 282 g/mol. The van der Waals surface area contributed by atoms with Gasteiger partial charge in [-0.3, -0.25) is 0 Å². The molecule has 0 bridgehead atoms. The Morgan fingerprint density at radius 2 is 2.21 bits per heavy atom. The Bertz CT molecular complexity index is 499. The van der Waals surface area contributed by atoms with Crippen LogP contribution in [-0.2, 0) is 16.3 Å². The van der Waals surface area contributed by atoms with Crippen LogP contribution >= 0.6 is 11.3 Å². The molecule has 0 aromatic carbocycles. The van der Waals surface area contributed by atoms with Crippen molar-refractivity contribution in [3.8, 4) is 0 Å². The Morgan fingerprint density at radius 3 is 2.95 bits per heavy atom. The molecule has 108 valence electrons. The molecule has 0 spiro atoms. The standard InChI is InChI=1S/C12H21N3O2S2/c1-2-13-8-5-7-11-14-15-12(18-11)10-6-3-4-9-19(10,16)17/h10,13H,2-9H2,1H3. The topological polar surface area (TPSA) is 72.0 Å². The van der Waals surface area contributed by atoms with E-state index in [0.717, 1.165) is 43.8 Å². The smallest absolute Gasteiger partial charge is 0.159 e. The fourth-order valence-corrected chi connectivity index (χ4v) is 5.53. The molecule has 1 aliphatic rings. The van der Waals surface area contributed by atoms with Crippen LogP contribution in [0.25, 0.3) is 0 Å². The van der Waals surface area contributed by atoms with Crippen LogP contribution in [0.4, 0.5) is 0 Å². The van der Waals surface area contributed by atoms with Gasteiger partial charge in [0, 0.05) is 6.42 Å². The maximum Gasteiger partial charge on any atom is 0.159 e. The predicted octanol–water partition coefficient (Wildman–Crippen LogP) is 1.72. The maximum atomic E-state index is 12.0. The average molecular weight is 303 g/mol. The monoisotopic (exact) mass is 303 g/mol. The van der Waals surface area contributed by atoms with E-state index in [4.69, 9.17) is 0 Å². The SMILES string of the molecule is CCNCCCc1nnc(C2CCCCS2(=O)=O)s1. The summed E-state index contributed by atoms with van der Waals surface area (Å²) in [5.41, 5.74) is 0. The second kappa shape index (κ2) is 6.76. The zero-order valence-electron chi connectivity index (χ0n) is 11.3. The molecule has 1 aliphatic heterocycles. The van der Waals surface area contributed by atoms with E-state index >= 15 is 0 Å². The highest BCUT2D eigenvalue weighted by Gasteiger charge is 2.32. The Balaban J connectivity index is 1.96. The van der Waals surface area contributed by atoms with E-state index in [2.05, 4.69) is 22.4 Å². The summed E-state index contributed by atoms with van der Waals surface area (Å²) in [5, 5.41) is 12.7. The molecule has 1 unspecified atom stereocenters. The van der Waals surface area contributed by atoms with E-state index in [0.29, 0.717) is 17.2 Å². The van der Waals surface area contributed by atoms with Crippen molar-refractivity contribution in [2.45, 2.75) is 44.3 Å². The van der Waals surface area contributed by atoms with Crippen LogP contribution in [0.3, 0.4) is 0 Å². The summed E-state index contributed by atoms with van der Waals surface area (Å²) in [6.45, 7) is 4.02. The molecule has 0 radical (unpaired) electrons. The largest absolute Gasteiger partial charge is 0.317 e. The summed E-state index contributed by atoms with van der Waals surface area (Å²) in [6, 6.07) is 0. The summed E-state index contributed by atoms with van der Waals surface area (Å²) in [5.74, 6) is 0.299. The minimum Gasteiger partial charge on any atom is -0.317 e. The molecule has 0 amide bonds. The van der Waals surface area contributed by atoms with Crippen LogP contribution in [-0.4, -0.2) is 37.5 Å². The summed E-state index contributed by atoms with van der Waals surface area (Å²) >= 11 is 1.47. The molecule has 0 aliphatic carbocycles. The van der Waals surface area contributed by atoms with Crippen molar-refractivity contribution in [2.24, 2.45) is 0 Å². The molecule has 0 saturated carbocycles. The van der Waals surface area contributed by atoms with E-state index in [1.54, 1.807) is 0 Å². The van der Waals surface area contributed by atoms with Gasteiger partial charge < -0.3 is 5.32 Å². The molecule has 1 fully saturated rings. The third-order valence-electron chi connectivity index (χ3n) is 3.33. The molecular formula is C12H21N3O2S2. The first-order valence-corrected chi connectivity index (χ1v) is 9.41. The van der Waals surface area contributed by atoms with Crippen LogP contribution in [0, 0.1) is 0 Å². The van der Waals surface area contributed by atoms with Crippen molar-refractivity contribution in [1.29, 1.82) is 0 Å². The Hall–Kier alpha value is -0.530. The van der Waals surface area contributed by atoms with E-state index in [1.165, 1.54) is 11.3 Å². The second-order valence-electron chi connectivity index (χ2n) is 4.84. The van der Waals surface area contributed by atoms with Gasteiger partial charge in [-0.25, -0.2) is 8.42 Å². The number of aryl methyl sites for hydroxylation is 1. The molecule has 2 rings (SSSR count). The van der Waals surface area contributed by atoms with Crippen LogP contribution in [0.5, 0.6) is 0 Å². The van der Waals surface area contributed by atoms with Gasteiger partial charge in [0.2, 0.25) is 0 Å². The molecule has 1 atom stereocenters. The predicted molar refractivity (Wildman–Crippen MR) is 77.2 cm³/mol. The second-order valence-corrected chi connectivity index (χ2v) is 8.24. The molecule has 7 heteroatoms. The van der Waals surface area contributed by atoms with Crippen LogP contribution in [0.15, 0.2) is 0 Å². The van der Waals surface area contributed by atoms with Crippen molar-refractivity contribution in [1.82, 2.24) is 15.5 Å². The number of rotatable bonds is 6. The Labute approximate surface area is 118 Å². The highest BCUT2D eigenvalue weighted by Crippen LogP contribution is 2.34. The normalized spacial score (nSPS) is 22.5. The van der Waals surface area contributed by atoms with Crippen LogP contribution in [0.2, 0.25) is 0 Å². The highest BCUT2D eigenvalue weighted by molar-refractivity contribution is 7.91. The molecule has 1 saturated heterocycles. The van der Waals surface area contributed by atoms with Crippen LogP contribution in [0.1, 0.15) is 47.9 Å². The molecule has 1 aromatic heterocycles. The highest BCUT2D eigenvalue weighted by atomic mass is 32.2. The molecule has 1 aromatic rings. The van der Waals surface area contributed by atoms with Crippen molar-refractivity contribution in [3.05, 3.63) is 10.0 Å². The van der Waals surface area contributed by atoms with Crippen LogP contribution < -0.4 is 5.32 Å². The third kappa shape index (κ3) is 3.97. The van der Waals surface area contributed by atoms with Crippen molar-refractivity contribution in [2.75, 3.05) is 18.8 Å². The van der Waals surface area contributed by atoms with Crippen molar-refractivity contribution in [3.63, 3.8) is 0 Å². The van der Waals surface area contributed by atoms with Gasteiger partial charge in [0.15, 0.2) is 9.84 Å². The third-order valence-corrected chi connectivity index (χ3v) is 6.76. The molecule has 5 nitrogen and oxygen atoms in total. The quantitative estimate of drug-likeness (QED) is 0.810. The van der Waals surface area contributed by atoms with Crippen molar-refractivity contribution < 1.29 is 8.42 Å². The number of hydrogen-bond acceptors (Lipinski definition) is 6. The minimum absolute atomic E-state index is 0.299. The molecule has 19 heavy (non-hydrogen) atoms.